The van der Waals surface area contributed by atoms with Gasteiger partial charge in [-0.2, -0.15) is 5.26 Å². The quantitative estimate of drug-likeness (QED) is 0.825. The maximum Gasteiger partial charge on any atom is 0.343 e. The Morgan fingerprint density at radius 2 is 2.13 bits per heavy atom. The van der Waals surface area contributed by atoms with Gasteiger partial charge < -0.3 is 14.9 Å². The predicted molar refractivity (Wildman–Crippen MR) is 83.1 cm³/mol. The monoisotopic (exact) mass is 376 g/mol. The molecule has 0 unspecified atom stereocenters. The lowest BCUT2D eigenvalue weighted by atomic mass is 9.84. The van der Waals surface area contributed by atoms with Gasteiger partial charge in [0.05, 0.1) is 11.5 Å². The van der Waals surface area contributed by atoms with Crippen LogP contribution < -0.4 is 16.1 Å². The van der Waals surface area contributed by atoms with Crippen molar-refractivity contribution in [3.63, 3.8) is 0 Å². The Balaban J connectivity index is 2.34. The van der Waals surface area contributed by atoms with E-state index in [0.717, 1.165) is 0 Å². The Hall–Kier alpha value is -2.59. The minimum atomic E-state index is -0.978. The van der Waals surface area contributed by atoms with E-state index in [1.165, 1.54) is 18.2 Å². The van der Waals surface area contributed by atoms with Gasteiger partial charge in [0.1, 0.15) is 29.0 Å². The van der Waals surface area contributed by atoms with E-state index in [1.807, 2.05) is 6.07 Å². The van der Waals surface area contributed by atoms with Crippen molar-refractivity contribution in [3.05, 3.63) is 73.3 Å². The van der Waals surface area contributed by atoms with Gasteiger partial charge in [0.25, 0.3) is 0 Å². The van der Waals surface area contributed by atoms with Gasteiger partial charge in [0.15, 0.2) is 0 Å². The molecule has 0 saturated carbocycles. The van der Waals surface area contributed by atoms with E-state index in [1.54, 1.807) is 13.0 Å². The van der Waals surface area contributed by atoms with Crippen molar-refractivity contribution in [1.82, 2.24) is 0 Å². The molecule has 0 spiro atoms. The van der Waals surface area contributed by atoms with Crippen molar-refractivity contribution < 1.29 is 13.5 Å². The molecule has 1 aromatic heterocycles. The van der Waals surface area contributed by atoms with Gasteiger partial charge in [0, 0.05) is 16.1 Å². The molecule has 0 bridgehead atoms. The molecule has 0 fully saturated rings. The minimum Gasteiger partial charge on any atom is -0.440 e. The number of hydrogen-bond donors (Lipinski definition) is 1. The van der Waals surface area contributed by atoms with Gasteiger partial charge in [-0.15, -0.1) is 0 Å². The highest BCUT2D eigenvalue weighted by Gasteiger charge is 2.35. The second kappa shape index (κ2) is 5.56. The fourth-order valence-electron chi connectivity index (χ4n) is 2.56. The molecule has 2 heterocycles. The van der Waals surface area contributed by atoms with Crippen molar-refractivity contribution in [1.29, 1.82) is 5.26 Å². The Morgan fingerprint density at radius 1 is 1.39 bits per heavy atom. The first-order chi connectivity index (χ1) is 10.9. The van der Waals surface area contributed by atoms with Gasteiger partial charge in [-0.3, -0.25) is 0 Å². The van der Waals surface area contributed by atoms with Crippen LogP contribution in [0.15, 0.2) is 49.4 Å². The molecule has 1 atom stereocenters. The first-order valence-corrected chi connectivity index (χ1v) is 7.39. The molecule has 0 radical (unpaired) electrons. The van der Waals surface area contributed by atoms with Gasteiger partial charge in [-0.25, -0.2) is 9.18 Å². The second-order valence-corrected chi connectivity index (χ2v) is 5.93. The summed E-state index contributed by atoms with van der Waals surface area (Å²) in [6.45, 7) is 1.58. The van der Waals surface area contributed by atoms with Crippen molar-refractivity contribution in [2.45, 2.75) is 12.8 Å². The molecular formula is C16H10BrFN2O3. The summed E-state index contributed by atoms with van der Waals surface area (Å²) in [5, 5.41) is 9.38. The van der Waals surface area contributed by atoms with E-state index >= 15 is 0 Å². The van der Waals surface area contributed by atoms with Crippen LogP contribution >= 0.6 is 15.9 Å². The lowest BCUT2D eigenvalue weighted by Crippen LogP contribution is -2.26. The molecule has 1 aliphatic rings. The Morgan fingerprint density at radius 3 is 2.78 bits per heavy atom. The summed E-state index contributed by atoms with van der Waals surface area (Å²) in [5.74, 6) is -1.21. The fraction of sp³-hybridized carbons (Fsp3) is 0.125. The van der Waals surface area contributed by atoms with E-state index in [9.17, 15) is 14.4 Å². The number of aryl methyl sites for hydroxylation is 1. The Kier molecular flexibility index (Phi) is 3.70. The van der Waals surface area contributed by atoms with Gasteiger partial charge in [-0.1, -0.05) is 22.0 Å². The lowest BCUT2D eigenvalue weighted by Gasteiger charge is -2.25. The third kappa shape index (κ3) is 2.51. The zero-order chi connectivity index (χ0) is 16.7. The van der Waals surface area contributed by atoms with Crippen LogP contribution in [-0.2, 0) is 0 Å². The van der Waals surface area contributed by atoms with E-state index in [-0.39, 0.29) is 28.3 Å². The summed E-state index contributed by atoms with van der Waals surface area (Å²) in [4.78, 5) is 12.3. The van der Waals surface area contributed by atoms with Crippen LogP contribution in [0.5, 0.6) is 5.75 Å². The summed E-state index contributed by atoms with van der Waals surface area (Å²) in [5.41, 5.74) is 5.27. The normalized spacial score (nSPS) is 16.5. The summed E-state index contributed by atoms with van der Waals surface area (Å²) >= 11 is 3.17. The molecule has 0 aliphatic carbocycles. The van der Waals surface area contributed by atoms with Gasteiger partial charge in [-0.05, 0) is 19.1 Å². The molecule has 116 valence electrons. The largest absolute Gasteiger partial charge is 0.440 e. The van der Waals surface area contributed by atoms with E-state index < -0.39 is 17.4 Å². The van der Waals surface area contributed by atoms with Crippen molar-refractivity contribution in [2.24, 2.45) is 5.73 Å². The average Bonchev–Trinajstić information content (AvgIpc) is 2.45. The number of fused-ring (bicyclic) bond motifs is 1. The molecule has 0 saturated heterocycles. The number of benzene rings is 1. The summed E-state index contributed by atoms with van der Waals surface area (Å²) in [6, 6.07) is 7.75. The number of nitrogens with zero attached hydrogens (tertiary/aromatic N) is 1. The molecule has 1 aromatic carbocycles. The van der Waals surface area contributed by atoms with Crippen molar-refractivity contribution in [2.75, 3.05) is 0 Å². The minimum absolute atomic E-state index is 0.0325. The number of rotatable bonds is 1. The molecule has 7 heteroatoms. The maximum absolute atomic E-state index is 14.4. The molecule has 3 rings (SSSR count). The van der Waals surface area contributed by atoms with E-state index in [2.05, 4.69) is 15.9 Å². The zero-order valence-electron chi connectivity index (χ0n) is 11.9. The van der Waals surface area contributed by atoms with E-state index in [0.29, 0.717) is 10.2 Å². The molecule has 23 heavy (non-hydrogen) atoms. The molecule has 2 N–H and O–H groups in total. The van der Waals surface area contributed by atoms with Gasteiger partial charge in [0.2, 0.25) is 5.88 Å². The predicted octanol–water partition coefficient (Wildman–Crippen LogP) is 3.07. The number of nitrogens with two attached hydrogens (primary N) is 1. The smallest absolute Gasteiger partial charge is 0.343 e. The lowest BCUT2D eigenvalue weighted by molar-refractivity contribution is 0.370. The second-order valence-electron chi connectivity index (χ2n) is 5.01. The zero-order valence-corrected chi connectivity index (χ0v) is 13.5. The highest BCUT2D eigenvalue weighted by atomic mass is 79.9. The number of halogens is 2. The molecule has 1 aliphatic heterocycles. The molecular weight excluding hydrogens is 367 g/mol. The summed E-state index contributed by atoms with van der Waals surface area (Å²) in [7, 11) is 0. The van der Waals surface area contributed by atoms with Gasteiger partial charge >= 0.3 is 5.63 Å². The Bertz CT molecular complexity index is 943. The highest BCUT2D eigenvalue weighted by molar-refractivity contribution is 9.10. The fourth-order valence-corrected chi connectivity index (χ4v) is 2.90. The van der Waals surface area contributed by atoms with E-state index in [4.69, 9.17) is 14.9 Å². The van der Waals surface area contributed by atoms with Crippen molar-refractivity contribution >= 4 is 15.9 Å². The SMILES string of the molecule is Cc1cc2c(c(=O)o1)[C@H](c1ccc(Br)cc1F)C(C#N)=C(N)O2. The highest BCUT2D eigenvalue weighted by Crippen LogP contribution is 2.41. The first kappa shape index (κ1) is 15.3. The topological polar surface area (TPSA) is 89.2 Å². The number of hydrogen-bond acceptors (Lipinski definition) is 5. The third-order valence-electron chi connectivity index (χ3n) is 3.53. The van der Waals surface area contributed by atoms with Crippen LogP contribution in [0, 0.1) is 24.1 Å². The van der Waals surface area contributed by atoms with Crippen LogP contribution in [0.4, 0.5) is 4.39 Å². The standard InChI is InChI=1S/C16H10BrFN2O3/c1-7-4-12-14(16(21)22-7)13(10(6-19)15(20)23-12)9-3-2-8(17)5-11(9)18/h2-5,13H,20H2,1H3/t13-/m1/s1. The number of nitriles is 1. The first-order valence-electron chi connectivity index (χ1n) is 6.59. The van der Waals surface area contributed by atoms with Crippen molar-refractivity contribution in [3.8, 4) is 11.8 Å². The maximum atomic E-state index is 14.4. The molecule has 2 aromatic rings. The van der Waals surface area contributed by atoms with Crippen LogP contribution in [-0.4, -0.2) is 0 Å². The number of ether oxygens (including phenoxy) is 1. The Labute approximate surface area is 138 Å². The molecule has 0 amide bonds. The molecule has 5 nitrogen and oxygen atoms in total. The van der Waals surface area contributed by atoms with Crippen LogP contribution in [0.2, 0.25) is 0 Å². The average molecular weight is 377 g/mol. The van der Waals surface area contributed by atoms with Crippen LogP contribution in [0.3, 0.4) is 0 Å². The summed E-state index contributed by atoms with van der Waals surface area (Å²) in [6.07, 6.45) is 0. The third-order valence-corrected chi connectivity index (χ3v) is 4.02. The number of allylic oxidation sites excluding steroid dienone is 1. The summed E-state index contributed by atoms with van der Waals surface area (Å²) < 4.78 is 25.4. The van der Waals surface area contributed by atoms with Crippen LogP contribution in [0.25, 0.3) is 0 Å². The van der Waals surface area contributed by atoms with Crippen LogP contribution in [0.1, 0.15) is 22.8 Å².